The molecule has 1 aromatic carbocycles. The van der Waals surface area contributed by atoms with Crippen molar-refractivity contribution >= 4 is 39.8 Å². The lowest BCUT2D eigenvalue weighted by Crippen LogP contribution is -2.58. The van der Waals surface area contributed by atoms with Crippen LogP contribution in [0.2, 0.25) is 0 Å². The molecule has 0 radical (unpaired) electrons. The predicted molar refractivity (Wildman–Crippen MR) is 118 cm³/mol. The second-order valence-electron chi connectivity index (χ2n) is 8.04. The summed E-state index contributed by atoms with van der Waals surface area (Å²) in [6, 6.07) is 6.77. The molecule has 1 saturated carbocycles. The van der Waals surface area contributed by atoms with E-state index in [0.717, 1.165) is 37.3 Å². The molecule has 27 heavy (non-hydrogen) atoms. The normalized spacial score (nSPS) is 23.1. The van der Waals surface area contributed by atoms with Crippen molar-refractivity contribution in [1.82, 2.24) is 10.2 Å². The maximum atomic E-state index is 13.3. The van der Waals surface area contributed by atoms with E-state index in [-0.39, 0.29) is 41.0 Å². The van der Waals surface area contributed by atoms with E-state index in [1.54, 1.807) is 20.9 Å². The Kier molecular flexibility index (Phi) is 6.82. The molecule has 3 rings (SSSR count). The fourth-order valence-electron chi connectivity index (χ4n) is 3.88. The van der Waals surface area contributed by atoms with E-state index in [1.807, 2.05) is 17.0 Å². The monoisotopic (exact) mass is 509 g/mol. The van der Waals surface area contributed by atoms with Crippen molar-refractivity contribution in [2.45, 2.75) is 43.3 Å². The van der Waals surface area contributed by atoms with Gasteiger partial charge in [-0.2, -0.15) is 0 Å². The highest BCUT2D eigenvalue weighted by Crippen LogP contribution is 2.43. The first-order valence-electron chi connectivity index (χ1n) is 9.13. The quantitative estimate of drug-likeness (QED) is 0.387. The fourth-order valence-corrected chi connectivity index (χ4v) is 5.25. The molecule has 152 valence electrons. The maximum absolute atomic E-state index is 13.3. The van der Waals surface area contributed by atoms with Crippen LogP contribution in [0.1, 0.15) is 38.7 Å². The number of rotatable bonds is 3. The van der Waals surface area contributed by atoms with E-state index in [4.69, 9.17) is 0 Å². The number of aliphatic imine (C=N–C) groups is 1. The Labute approximate surface area is 178 Å². The maximum Gasteiger partial charge on any atom is 0.193 e. The van der Waals surface area contributed by atoms with E-state index in [1.165, 1.54) is 12.1 Å². The highest BCUT2D eigenvalue weighted by atomic mass is 127. The number of nitrogens with one attached hydrogen (secondary N) is 1. The molecule has 2 fully saturated rings. The Balaban J connectivity index is 0.00000261. The van der Waals surface area contributed by atoms with Crippen molar-refractivity contribution in [1.29, 1.82) is 0 Å². The highest BCUT2D eigenvalue weighted by molar-refractivity contribution is 14.0. The molecule has 1 aliphatic heterocycles. The van der Waals surface area contributed by atoms with Crippen molar-refractivity contribution in [2.75, 3.05) is 32.4 Å². The lowest BCUT2D eigenvalue weighted by molar-refractivity contribution is 0.239. The molecule has 0 unspecified atom stereocenters. The van der Waals surface area contributed by atoms with Crippen LogP contribution in [0.25, 0.3) is 0 Å². The van der Waals surface area contributed by atoms with Crippen molar-refractivity contribution in [3.05, 3.63) is 35.6 Å². The first kappa shape index (κ1) is 22.4. The van der Waals surface area contributed by atoms with Crippen LogP contribution in [-0.2, 0) is 15.3 Å². The minimum atomic E-state index is -3.08. The van der Waals surface area contributed by atoms with Gasteiger partial charge in [-0.1, -0.05) is 18.6 Å². The van der Waals surface area contributed by atoms with Crippen LogP contribution in [0.15, 0.2) is 29.3 Å². The summed E-state index contributed by atoms with van der Waals surface area (Å²) in [7, 11) is -1.35. The van der Waals surface area contributed by atoms with Gasteiger partial charge >= 0.3 is 0 Å². The third kappa shape index (κ3) is 4.41. The average molecular weight is 509 g/mol. The molecule has 5 nitrogen and oxygen atoms in total. The van der Waals surface area contributed by atoms with Crippen molar-refractivity contribution in [2.24, 2.45) is 4.99 Å². The Morgan fingerprint density at radius 2 is 1.89 bits per heavy atom. The van der Waals surface area contributed by atoms with E-state index >= 15 is 0 Å². The number of halogens is 2. The molecule has 2 aliphatic rings. The fraction of sp³-hybridized carbons (Fsp3) is 0.632. The minimum Gasteiger partial charge on any atom is -0.355 e. The van der Waals surface area contributed by atoms with Crippen LogP contribution in [0, 0.1) is 5.82 Å². The number of nitrogens with zero attached hydrogens (tertiary/aromatic N) is 2. The van der Waals surface area contributed by atoms with E-state index in [0.29, 0.717) is 13.1 Å². The van der Waals surface area contributed by atoms with Crippen LogP contribution < -0.4 is 5.32 Å². The van der Waals surface area contributed by atoms with Crippen molar-refractivity contribution < 1.29 is 12.8 Å². The summed E-state index contributed by atoms with van der Waals surface area (Å²) in [6.45, 7) is 5.14. The van der Waals surface area contributed by atoms with Gasteiger partial charge in [0, 0.05) is 32.1 Å². The first-order valence-corrected chi connectivity index (χ1v) is 10.8. The molecule has 0 aromatic heterocycles. The Bertz CT molecular complexity index is 790. The molecule has 1 aromatic rings. The van der Waals surface area contributed by atoms with Gasteiger partial charge in [0.1, 0.15) is 5.82 Å². The topological polar surface area (TPSA) is 61.8 Å². The molecule has 1 saturated heterocycles. The van der Waals surface area contributed by atoms with Gasteiger partial charge in [-0.15, -0.1) is 24.0 Å². The van der Waals surface area contributed by atoms with E-state index < -0.39 is 14.6 Å². The summed E-state index contributed by atoms with van der Waals surface area (Å²) in [5, 5.41) is 3.45. The van der Waals surface area contributed by atoms with Gasteiger partial charge in [0.25, 0.3) is 0 Å². The van der Waals surface area contributed by atoms with Crippen LogP contribution in [0.3, 0.4) is 0 Å². The summed E-state index contributed by atoms with van der Waals surface area (Å²) in [6.07, 6.45) is 3.28. The summed E-state index contributed by atoms with van der Waals surface area (Å²) >= 11 is 0. The standard InChI is InChI=1S/C19H28FN3O2S.HI/c1-18(2)14-23(11-12-26(18,24)25)17(21-3)22-13-19(9-4-10-19)15-5-7-16(20)8-6-15;/h5-8H,4,9-14H2,1-3H3,(H,21,22);1H. The van der Waals surface area contributed by atoms with E-state index in [9.17, 15) is 12.8 Å². The molecule has 8 heteroatoms. The van der Waals surface area contributed by atoms with Crippen molar-refractivity contribution in [3.63, 3.8) is 0 Å². The van der Waals surface area contributed by atoms with Crippen LogP contribution >= 0.6 is 24.0 Å². The van der Waals surface area contributed by atoms with Crippen LogP contribution in [0.5, 0.6) is 0 Å². The number of hydrogen-bond donors (Lipinski definition) is 1. The lowest BCUT2D eigenvalue weighted by atomic mass is 9.64. The molecule has 0 atom stereocenters. The van der Waals surface area contributed by atoms with Gasteiger partial charge < -0.3 is 10.2 Å². The lowest BCUT2D eigenvalue weighted by Gasteiger charge is -2.44. The molecule has 0 bridgehead atoms. The van der Waals surface area contributed by atoms with Gasteiger partial charge in [-0.05, 0) is 44.4 Å². The highest BCUT2D eigenvalue weighted by Gasteiger charge is 2.42. The Morgan fingerprint density at radius 1 is 1.26 bits per heavy atom. The number of hydrogen-bond acceptors (Lipinski definition) is 3. The molecule has 0 spiro atoms. The molecular formula is C19H29FIN3O2S. The number of benzene rings is 1. The summed E-state index contributed by atoms with van der Waals surface area (Å²) in [4.78, 5) is 6.40. The second-order valence-corrected chi connectivity index (χ2v) is 10.8. The van der Waals surface area contributed by atoms with Gasteiger partial charge in [-0.25, -0.2) is 12.8 Å². The number of guanidine groups is 1. The zero-order valence-electron chi connectivity index (χ0n) is 16.2. The summed E-state index contributed by atoms with van der Waals surface area (Å²) in [5.41, 5.74) is 1.15. The summed E-state index contributed by atoms with van der Waals surface area (Å²) in [5.74, 6) is 0.661. The van der Waals surface area contributed by atoms with Crippen molar-refractivity contribution in [3.8, 4) is 0 Å². The second kappa shape index (κ2) is 8.23. The predicted octanol–water partition coefficient (Wildman–Crippen LogP) is 2.95. The molecular weight excluding hydrogens is 480 g/mol. The zero-order chi connectivity index (χ0) is 19.0. The van der Waals surface area contributed by atoms with E-state index in [2.05, 4.69) is 10.3 Å². The van der Waals surface area contributed by atoms with Gasteiger partial charge in [0.15, 0.2) is 15.8 Å². The first-order chi connectivity index (χ1) is 12.2. The Morgan fingerprint density at radius 3 is 2.37 bits per heavy atom. The molecule has 1 heterocycles. The average Bonchev–Trinajstić information content (AvgIpc) is 2.54. The summed E-state index contributed by atoms with van der Waals surface area (Å²) < 4.78 is 36.9. The largest absolute Gasteiger partial charge is 0.355 e. The Hall–Kier alpha value is -0.900. The van der Waals surface area contributed by atoms with Gasteiger partial charge in [0.2, 0.25) is 0 Å². The SMILES string of the molecule is CN=C(NCC1(c2ccc(F)cc2)CCC1)N1CCS(=O)(=O)C(C)(C)C1.I. The van der Waals surface area contributed by atoms with Crippen LogP contribution in [0.4, 0.5) is 4.39 Å². The minimum absolute atomic E-state index is 0. The zero-order valence-corrected chi connectivity index (χ0v) is 19.3. The van der Waals surface area contributed by atoms with Gasteiger partial charge in [0.05, 0.1) is 10.5 Å². The third-order valence-corrected chi connectivity index (χ3v) is 8.44. The molecule has 1 N–H and O–H groups in total. The number of sulfone groups is 1. The molecule has 0 amide bonds. The third-order valence-electron chi connectivity index (χ3n) is 5.91. The smallest absolute Gasteiger partial charge is 0.193 e. The van der Waals surface area contributed by atoms with Crippen LogP contribution in [-0.4, -0.2) is 56.5 Å². The van der Waals surface area contributed by atoms with Gasteiger partial charge in [-0.3, -0.25) is 4.99 Å². The molecule has 1 aliphatic carbocycles.